The molecule has 0 saturated carbocycles. The Hall–Kier alpha value is -1.61. The Bertz CT molecular complexity index is 543. The lowest BCUT2D eigenvalue weighted by atomic mass is 10.0. The number of hydrogen-bond donors (Lipinski definition) is 0. The summed E-state index contributed by atoms with van der Waals surface area (Å²) in [5, 5.41) is 0.336. The minimum absolute atomic E-state index is 0.336. The van der Waals surface area contributed by atoms with Crippen LogP contribution in [0.1, 0.15) is 18.9 Å². The molecule has 1 heterocycles. The van der Waals surface area contributed by atoms with Gasteiger partial charge in [0.15, 0.2) is 10.9 Å². The van der Waals surface area contributed by atoms with E-state index < -0.39 is 0 Å². The minimum Gasteiger partial charge on any atom is -0.491 e. The molecule has 3 nitrogen and oxygen atoms in total. The van der Waals surface area contributed by atoms with E-state index in [2.05, 4.69) is 29.0 Å². The quantitative estimate of drug-likeness (QED) is 0.787. The summed E-state index contributed by atoms with van der Waals surface area (Å²) in [6, 6.07) is 8.25. The van der Waals surface area contributed by atoms with Crippen LogP contribution in [-0.2, 0) is 6.42 Å². The van der Waals surface area contributed by atoms with Crippen LogP contribution in [0.25, 0.3) is 11.3 Å². The van der Waals surface area contributed by atoms with E-state index in [9.17, 15) is 0 Å². The molecule has 94 valence electrons. The molecule has 4 heteroatoms. The van der Waals surface area contributed by atoms with Crippen molar-refractivity contribution in [3.05, 3.63) is 41.3 Å². The van der Waals surface area contributed by atoms with Gasteiger partial charge >= 0.3 is 0 Å². The van der Waals surface area contributed by atoms with Gasteiger partial charge in [0.2, 0.25) is 0 Å². The molecule has 0 spiro atoms. The lowest BCUT2D eigenvalue weighted by molar-refractivity contribution is 0.413. The van der Waals surface area contributed by atoms with Crippen LogP contribution < -0.4 is 4.74 Å². The van der Waals surface area contributed by atoms with Gasteiger partial charge < -0.3 is 4.74 Å². The first kappa shape index (κ1) is 12.8. The molecular formula is C14H15ClN2O. The molecule has 0 aliphatic carbocycles. The van der Waals surface area contributed by atoms with Crippen LogP contribution in [0.15, 0.2) is 30.6 Å². The minimum atomic E-state index is 0.336. The fraction of sp³-hybridized carbons (Fsp3) is 0.286. The van der Waals surface area contributed by atoms with Crippen molar-refractivity contribution in [2.45, 2.75) is 19.8 Å². The molecule has 0 amide bonds. The molecule has 1 aromatic carbocycles. The monoisotopic (exact) mass is 262 g/mol. The maximum Gasteiger partial charge on any atom is 0.182 e. The molecule has 1 aromatic heterocycles. The van der Waals surface area contributed by atoms with E-state index in [1.807, 2.05) is 12.1 Å². The molecule has 0 bridgehead atoms. The Morgan fingerprint density at radius 1 is 1.28 bits per heavy atom. The number of aromatic nitrogens is 2. The molecule has 0 aliphatic rings. The average Bonchev–Trinajstić information content (AvgIpc) is 2.39. The van der Waals surface area contributed by atoms with Crippen molar-refractivity contribution < 1.29 is 4.74 Å². The average molecular weight is 263 g/mol. The van der Waals surface area contributed by atoms with E-state index in [-0.39, 0.29) is 0 Å². The third-order valence-electron chi connectivity index (χ3n) is 2.70. The van der Waals surface area contributed by atoms with Crippen LogP contribution >= 0.6 is 11.6 Å². The third-order valence-corrected chi connectivity index (χ3v) is 2.97. The van der Waals surface area contributed by atoms with Crippen molar-refractivity contribution in [1.29, 1.82) is 0 Å². The number of benzene rings is 1. The lowest BCUT2D eigenvalue weighted by Gasteiger charge is -2.09. The maximum absolute atomic E-state index is 6.00. The Morgan fingerprint density at radius 2 is 2.11 bits per heavy atom. The topological polar surface area (TPSA) is 35.0 Å². The van der Waals surface area contributed by atoms with Gasteiger partial charge in [-0.2, -0.15) is 0 Å². The summed E-state index contributed by atoms with van der Waals surface area (Å²) in [6.45, 7) is 2.16. The SMILES string of the molecule is CCCc1cccc(-c2ncnc(Cl)c2OC)c1. The highest BCUT2D eigenvalue weighted by molar-refractivity contribution is 6.31. The molecule has 0 fully saturated rings. The highest BCUT2D eigenvalue weighted by Crippen LogP contribution is 2.32. The first-order chi connectivity index (χ1) is 8.76. The van der Waals surface area contributed by atoms with Crippen molar-refractivity contribution >= 4 is 11.6 Å². The van der Waals surface area contributed by atoms with Gasteiger partial charge in [-0.25, -0.2) is 9.97 Å². The number of hydrogen-bond acceptors (Lipinski definition) is 3. The van der Waals surface area contributed by atoms with E-state index in [1.54, 1.807) is 7.11 Å². The van der Waals surface area contributed by atoms with E-state index in [4.69, 9.17) is 16.3 Å². The number of halogens is 1. The van der Waals surface area contributed by atoms with Crippen molar-refractivity contribution in [2.24, 2.45) is 0 Å². The molecule has 0 atom stereocenters. The number of rotatable bonds is 4. The molecule has 2 rings (SSSR count). The molecule has 0 radical (unpaired) electrons. The molecule has 0 unspecified atom stereocenters. The fourth-order valence-electron chi connectivity index (χ4n) is 1.90. The maximum atomic E-state index is 6.00. The summed E-state index contributed by atoms with van der Waals surface area (Å²) < 4.78 is 5.27. The Morgan fingerprint density at radius 3 is 2.83 bits per heavy atom. The van der Waals surface area contributed by atoms with E-state index in [0.717, 1.165) is 24.1 Å². The van der Waals surface area contributed by atoms with Gasteiger partial charge in [0.1, 0.15) is 12.0 Å². The standard InChI is InChI=1S/C14H15ClN2O/c1-3-5-10-6-4-7-11(8-10)12-13(18-2)14(15)17-9-16-12/h4,6-9H,3,5H2,1-2H3. The van der Waals surface area contributed by atoms with Crippen LogP contribution in [-0.4, -0.2) is 17.1 Å². The lowest BCUT2D eigenvalue weighted by Crippen LogP contribution is -1.95. The van der Waals surface area contributed by atoms with E-state index in [1.165, 1.54) is 11.9 Å². The summed E-state index contributed by atoms with van der Waals surface area (Å²) in [5.74, 6) is 0.521. The summed E-state index contributed by atoms with van der Waals surface area (Å²) in [7, 11) is 1.57. The Kier molecular flexibility index (Phi) is 4.15. The van der Waals surface area contributed by atoms with Crippen LogP contribution in [0.5, 0.6) is 5.75 Å². The van der Waals surface area contributed by atoms with Crippen LogP contribution in [0.3, 0.4) is 0 Å². The van der Waals surface area contributed by atoms with Gasteiger partial charge in [-0.3, -0.25) is 0 Å². The first-order valence-electron chi connectivity index (χ1n) is 5.90. The van der Waals surface area contributed by atoms with Gasteiger partial charge in [0.05, 0.1) is 7.11 Å². The normalized spacial score (nSPS) is 10.4. The van der Waals surface area contributed by atoms with Crippen molar-refractivity contribution in [3.8, 4) is 17.0 Å². The molecule has 0 N–H and O–H groups in total. The number of methoxy groups -OCH3 is 1. The fourth-order valence-corrected chi connectivity index (χ4v) is 2.11. The molecule has 2 aromatic rings. The van der Waals surface area contributed by atoms with Gasteiger partial charge in [0.25, 0.3) is 0 Å². The highest BCUT2D eigenvalue weighted by atomic mass is 35.5. The molecular weight excluding hydrogens is 248 g/mol. The van der Waals surface area contributed by atoms with Gasteiger partial charge in [0, 0.05) is 5.56 Å². The van der Waals surface area contributed by atoms with Crippen LogP contribution in [0.4, 0.5) is 0 Å². The predicted molar refractivity (Wildman–Crippen MR) is 73.0 cm³/mol. The smallest absolute Gasteiger partial charge is 0.182 e. The summed E-state index contributed by atoms with van der Waals surface area (Å²) >= 11 is 6.00. The largest absolute Gasteiger partial charge is 0.491 e. The van der Waals surface area contributed by atoms with Crippen LogP contribution in [0.2, 0.25) is 5.15 Å². The van der Waals surface area contributed by atoms with Crippen molar-refractivity contribution in [1.82, 2.24) is 9.97 Å². The number of nitrogens with zero attached hydrogens (tertiary/aromatic N) is 2. The molecule has 0 aliphatic heterocycles. The summed E-state index contributed by atoms with van der Waals surface area (Å²) in [4.78, 5) is 8.19. The predicted octanol–water partition coefficient (Wildman–Crippen LogP) is 3.76. The second-order valence-corrected chi connectivity index (χ2v) is 4.35. The number of aryl methyl sites for hydroxylation is 1. The first-order valence-corrected chi connectivity index (χ1v) is 6.27. The molecule has 0 saturated heterocycles. The Labute approximate surface area is 112 Å². The van der Waals surface area contributed by atoms with Crippen molar-refractivity contribution in [3.63, 3.8) is 0 Å². The zero-order valence-corrected chi connectivity index (χ0v) is 11.2. The third kappa shape index (κ3) is 2.62. The van der Waals surface area contributed by atoms with E-state index >= 15 is 0 Å². The summed E-state index contributed by atoms with van der Waals surface area (Å²) in [6.07, 6.45) is 3.62. The summed E-state index contributed by atoms with van der Waals surface area (Å²) in [5.41, 5.74) is 3.02. The van der Waals surface area contributed by atoms with E-state index in [0.29, 0.717) is 10.9 Å². The molecule has 18 heavy (non-hydrogen) atoms. The second kappa shape index (κ2) is 5.83. The van der Waals surface area contributed by atoms with Gasteiger partial charge in [-0.1, -0.05) is 43.1 Å². The second-order valence-electron chi connectivity index (χ2n) is 4.00. The van der Waals surface area contributed by atoms with Gasteiger partial charge in [-0.05, 0) is 18.1 Å². The van der Waals surface area contributed by atoms with Crippen LogP contribution in [0, 0.1) is 0 Å². The van der Waals surface area contributed by atoms with Gasteiger partial charge in [-0.15, -0.1) is 0 Å². The highest BCUT2D eigenvalue weighted by Gasteiger charge is 2.12. The number of ether oxygens (including phenoxy) is 1. The Balaban J connectivity index is 2.48. The van der Waals surface area contributed by atoms with Crippen molar-refractivity contribution in [2.75, 3.05) is 7.11 Å². The zero-order chi connectivity index (χ0) is 13.0. The zero-order valence-electron chi connectivity index (χ0n) is 10.5.